The van der Waals surface area contributed by atoms with Gasteiger partial charge in [-0.2, -0.15) is 8.42 Å². The molecule has 0 aliphatic carbocycles. The highest BCUT2D eigenvalue weighted by atomic mass is 127. The summed E-state index contributed by atoms with van der Waals surface area (Å²) in [5, 5.41) is 0. The van der Waals surface area contributed by atoms with E-state index in [9.17, 15) is 8.42 Å². The zero-order valence-corrected chi connectivity index (χ0v) is 8.11. The van der Waals surface area contributed by atoms with Gasteiger partial charge < -0.3 is 0 Å². The molecular weight excluding hydrogens is 255 g/mol. The van der Waals surface area contributed by atoms with Crippen molar-refractivity contribution in [2.24, 2.45) is 0 Å². The van der Waals surface area contributed by atoms with Crippen LogP contribution in [0.1, 0.15) is 6.42 Å². The summed E-state index contributed by atoms with van der Waals surface area (Å²) < 4.78 is 25.9. The van der Waals surface area contributed by atoms with Crippen molar-refractivity contribution < 1.29 is 12.6 Å². The molecule has 0 unspecified atom stereocenters. The first-order valence-corrected chi connectivity index (χ1v) is 5.81. The molecule has 0 radical (unpaired) electrons. The highest BCUT2D eigenvalue weighted by Gasteiger charge is 1.98. The van der Waals surface area contributed by atoms with E-state index in [2.05, 4.69) is 26.8 Å². The Morgan fingerprint density at radius 1 is 1.56 bits per heavy atom. The normalized spacial score (nSPS) is 11.8. The average Bonchev–Trinajstić information content (AvgIpc) is 1.63. The molecule has 0 bridgehead atoms. The number of hydrogen-bond acceptors (Lipinski definition) is 3. The highest BCUT2D eigenvalue weighted by Crippen LogP contribution is 1.92. The SMILES string of the molecule is CS(=O)(=O)OCCCI. The lowest BCUT2D eigenvalue weighted by Crippen LogP contribution is -2.03. The first-order valence-electron chi connectivity index (χ1n) is 2.46. The Labute approximate surface area is 69.0 Å². The van der Waals surface area contributed by atoms with Crippen LogP contribution in [0.2, 0.25) is 0 Å². The zero-order valence-electron chi connectivity index (χ0n) is 5.13. The van der Waals surface area contributed by atoms with E-state index in [4.69, 9.17) is 0 Å². The van der Waals surface area contributed by atoms with Crippen molar-refractivity contribution in [1.82, 2.24) is 0 Å². The lowest BCUT2D eigenvalue weighted by molar-refractivity contribution is 0.323. The van der Waals surface area contributed by atoms with Gasteiger partial charge in [-0.3, -0.25) is 4.18 Å². The minimum absolute atomic E-state index is 0.307. The van der Waals surface area contributed by atoms with E-state index in [-0.39, 0.29) is 0 Å². The summed E-state index contributed by atoms with van der Waals surface area (Å²) in [4.78, 5) is 0. The van der Waals surface area contributed by atoms with Crippen LogP contribution in [0.15, 0.2) is 0 Å². The molecule has 0 amide bonds. The molecule has 9 heavy (non-hydrogen) atoms. The Hall–Kier alpha value is 0.640. The van der Waals surface area contributed by atoms with Crippen molar-refractivity contribution in [1.29, 1.82) is 0 Å². The highest BCUT2D eigenvalue weighted by molar-refractivity contribution is 14.1. The summed E-state index contributed by atoms with van der Waals surface area (Å²) in [6.07, 6.45) is 1.84. The van der Waals surface area contributed by atoms with Gasteiger partial charge in [0.25, 0.3) is 10.1 Å². The summed E-state index contributed by atoms with van der Waals surface area (Å²) in [7, 11) is -3.20. The Morgan fingerprint density at radius 3 is 2.44 bits per heavy atom. The minimum atomic E-state index is -3.20. The van der Waals surface area contributed by atoms with E-state index in [1.165, 1.54) is 0 Å². The fourth-order valence-corrected chi connectivity index (χ4v) is 0.997. The quantitative estimate of drug-likeness (QED) is 0.326. The largest absolute Gasteiger partial charge is 0.270 e. The molecule has 0 saturated heterocycles. The molecule has 0 atom stereocenters. The van der Waals surface area contributed by atoms with Gasteiger partial charge in [0, 0.05) is 4.43 Å². The van der Waals surface area contributed by atoms with Crippen LogP contribution < -0.4 is 0 Å². The zero-order chi connectivity index (χ0) is 7.33. The summed E-state index contributed by atoms with van der Waals surface area (Å²) in [6.45, 7) is 0.307. The first-order chi connectivity index (χ1) is 4.06. The number of hydrogen-bond donors (Lipinski definition) is 0. The molecule has 0 aliphatic rings. The van der Waals surface area contributed by atoms with Gasteiger partial charge in [-0.1, -0.05) is 22.6 Å². The van der Waals surface area contributed by atoms with E-state index >= 15 is 0 Å². The van der Waals surface area contributed by atoms with Gasteiger partial charge >= 0.3 is 0 Å². The maximum Gasteiger partial charge on any atom is 0.264 e. The predicted octanol–water partition coefficient (Wildman–Crippen LogP) is 0.788. The molecular formula is C4H9IO3S. The third-order valence-electron chi connectivity index (χ3n) is 0.575. The summed E-state index contributed by atoms with van der Waals surface area (Å²) in [5.74, 6) is 0. The van der Waals surface area contributed by atoms with Crippen molar-refractivity contribution in [2.45, 2.75) is 6.42 Å². The van der Waals surface area contributed by atoms with Crippen LogP contribution >= 0.6 is 22.6 Å². The van der Waals surface area contributed by atoms with Gasteiger partial charge in [-0.05, 0) is 6.42 Å². The molecule has 0 saturated carbocycles. The van der Waals surface area contributed by atoms with Crippen LogP contribution in [-0.2, 0) is 14.3 Å². The van der Waals surface area contributed by atoms with Crippen LogP contribution in [0.3, 0.4) is 0 Å². The molecule has 0 aromatic rings. The number of alkyl halides is 1. The van der Waals surface area contributed by atoms with Gasteiger partial charge in [0.2, 0.25) is 0 Å². The fraction of sp³-hybridized carbons (Fsp3) is 1.00. The molecule has 0 aliphatic heterocycles. The van der Waals surface area contributed by atoms with Gasteiger partial charge in [-0.25, -0.2) is 0 Å². The van der Waals surface area contributed by atoms with Crippen LogP contribution in [-0.4, -0.2) is 25.7 Å². The minimum Gasteiger partial charge on any atom is -0.270 e. The van der Waals surface area contributed by atoms with E-state index in [1.54, 1.807) is 0 Å². The molecule has 0 N–H and O–H groups in total. The van der Waals surface area contributed by atoms with E-state index < -0.39 is 10.1 Å². The third kappa shape index (κ3) is 8.64. The van der Waals surface area contributed by atoms with Gasteiger partial charge in [0.1, 0.15) is 0 Å². The molecule has 0 fully saturated rings. The van der Waals surface area contributed by atoms with Gasteiger partial charge in [-0.15, -0.1) is 0 Å². The average molecular weight is 264 g/mol. The second-order valence-corrected chi connectivity index (χ2v) is 4.29. The standard InChI is InChI=1S/C4H9IO3S/c1-9(6,7)8-4-2-3-5/h2-4H2,1H3. The van der Waals surface area contributed by atoms with Crippen LogP contribution in [0.4, 0.5) is 0 Å². The lowest BCUT2D eigenvalue weighted by atomic mass is 10.5. The molecule has 56 valence electrons. The third-order valence-corrected chi connectivity index (χ3v) is 1.93. The maximum absolute atomic E-state index is 10.3. The molecule has 0 spiro atoms. The number of halogens is 1. The monoisotopic (exact) mass is 264 g/mol. The second kappa shape index (κ2) is 4.45. The van der Waals surface area contributed by atoms with Gasteiger partial charge in [0.15, 0.2) is 0 Å². The van der Waals surface area contributed by atoms with Crippen LogP contribution in [0.25, 0.3) is 0 Å². The Kier molecular flexibility index (Phi) is 4.77. The topological polar surface area (TPSA) is 43.4 Å². The van der Waals surface area contributed by atoms with E-state index in [1.807, 2.05) is 0 Å². The molecule has 0 aromatic heterocycles. The summed E-state index contributed by atoms with van der Waals surface area (Å²) in [5.41, 5.74) is 0. The Bertz CT molecular complexity index is 151. The maximum atomic E-state index is 10.3. The van der Waals surface area contributed by atoms with Crippen molar-refractivity contribution in [2.75, 3.05) is 17.3 Å². The van der Waals surface area contributed by atoms with E-state index in [0.29, 0.717) is 6.61 Å². The second-order valence-electron chi connectivity index (χ2n) is 1.57. The summed E-state index contributed by atoms with van der Waals surface area (Å²) >= 11 is 2.16. The summed E-state index contributed by atoms with van der Waals surface area (Å²) in [6, 6.07) is 0. The first kappa shape index (κ1) is 9.64. The Balaban J connectivity index is 3.30. The molecule has 3 nitrogen and oxygen atoms in total. The van der Waals surface area contributed by atoms with Gasteiger partial charge in [0.05, 0.1) is 12.9 Å². The van der Waals surface area contributed by atoms with Crippen LogP contribution in [0, 0.1) is 0 Å². The fourth-order valence-electron chi connectivity index (χ4n) is 0.265. The molecule has 0 aromatic carbocycles. The van der Waals surface area contributed by atoms with Crippen LogP contribution in [0.5, 0.6) is 0 Å². The van der Waals surface area contributed by atoms with Crippen molar-refractivity contribution in [3.05, 3.63) is 0 Å². The van der Waals surface area contributed by atoms with E-state index in [0.717, 1.165) is 17.1 Å². The predicted molar refractivity (Wildman–Crippen MR) is 44.3 cm³/mol. The molecule has 0 rings (SSSR count). The molecule has 0 heterocycles. The van der Waals surface area contributed by atoms with Crippen molar-refractivity contribution in [3.8, 4) is 0 Å². The Morgan fingerprint density at radius 2 is 2.11 bits per heavy atom. The smallest absolute Gasteiger partial charge is 0.264 e. The van der Waals surface area contributed by atoms with Crippen molar-refractivity contribution >= 4 is 32.7 Å². The number of rotatable bonds is 4. The lowest BCUT2D eigenvalue weighted by Gasteiger charge is -1.96. The van der Waals surface area contributed by atoms with Crippen molar-refractivity contribution in [3.63, 3.8) is 0 Å². The molecule has 5 heteroatoms.